The maximum Gasteiger partial charge on any atom is 0.175 e. The maximum atomic E-state index is 10.9. The van der Waals surface area contributed by atoms with Gasteiger partial charge in [-0.25, -0.2) is 0 Å². The van der Waals surface area contributed by atoms with Crippen LogP contribution < -0.4 is 0 Å². The van der Waals surface area contributed by atoms with Crippen molar-refractivity contribution < 1.29 is 4.79 Å². The number of hydrogen-bond acceptors (Lipinski definition) is 2. The molecule has 0 fully saturated rings. The minimum Gasteiger partial charge on any atom is -0.351 e. The highest BCUT2D eigenvalue weighted by Gasteiger charge is 2.06. The van der Waals surface area contributed by atoms with Crippen molar-refractivity contribution in [2.45, 2.75) is 6.92 Å². The van der Waals surface area contributed by atoms with Crippen LogP contribution in [0.4, 0.5) is 0 Å². The minimum atomic E-state index is 0.0505. The first-order valence-electron chi connectivity index (χ1n) is 3.46. The zero-order valence-corrected chi connectivity index (χ0v) is 7.92. The number of nitrogens with one attached hydrogen (secondary N) is 1. The quantitative estimate of drug-likeness (QED) is 0.704. The van der Waals surface area contributed by atoms with E-state index in [1.165, 1.54) is 18.3 Å². The highest BCUT2D eigenvalue weighted by Crippen LogP contribution is 2.29. The topological polar surface area (TPSA) is 32.9 Å². The van der Waals surface area contributed by atoms with Gasteiger partial charge in [0.25, 0.3) is 0 Å². The molecule has 0 amide bonds. The third kappa shape index (κ3) is 1.15. The largest absolute Gasteiger partial charge is 0.351 e. The van der Waals surface area contributed by atoms with Gasteiger partial charge in [0, 0.05) is 6.92 Å². The SMILES string of the molecule is CC(=O)c1cc2sc(Cl)cc2[nH]1. The summed E-state index contributed by atoms with van der Waals surface area (Å²) in [4.78, 5) is 13.9. The number of rotatable bonds is 1. The Morgan fingerprint density at radius 1 is 1.58 bits per heavy atom. The summed E-state index contributed by atoms with van der Waals surface area (Å²) >= 11 is 7.24. The van der Waals surface area contributed by atoms with E-state index in [9.17, 15) is 4.79 Å². The Balaban J connectivity index is 2.64. The smallest absolute Gasteiger partial charge is 0.175 e. The third-order valence-electron chi connectivity index (χ3n) is 1.65. The lowest BCUT2D eigenvalue weighted by Crippen LogP contribution is -1.89. The van der Waals surface area contributed by atoms with Crippen molar-refractivity contribution in [2.24, 2.45) is 0 Å². The Kier molecular flexibility index (Phi) is 1.70. The number of ketones is 1. The van der Waals surface area contributed by atoms with E-state index >= 15 is 0 Å². The molecular weight excluding hydrogens is 194 g/mol. The van der Waals surface area contributed by atoms with Crippen molar-refractivity contribution in [2.75, 3.05) is 0 Å². The molecular formula is C8H6ClNOS. The van der Waals surface area contributed by atoms with Crippen LogP contribution in [0.5, 0.6) is 0 Å². The molecule has 12 heavy (non-hydrogen) atoms. The Morgan fingerprint density at radius 3 is 2.92 bits per heavy atom. The summed E-state index contributed by atoms with van der Waals surface area (Å²) in [6.45, 7) is 1.54. The molecule has 0 aliphatic rings. The molecule has 2 rings (SSSR count). The Morgan fingerprint density at radius 2 is 2.33 bits per heavy atom. The Hall–Kier alpha value is -0.800. The second-order valence-corrected chi connectivity index (χ2v) is 4.28. The van der Waals surface area contributed by atoms with Crippen molar-refractivity contribution in [1.82, 2.24) is 4.98 Å². The van der Waals surface area contributed by atoms with Gasteiger partial charge in [0.2, 0.25) is 0 Å². The molecule has 62 valence electrons. The number of hydrogen-bond donors (Lipinski definition) is 1. The highest BCUT2D eigenvalue weighted by atomic mass is 35.5. The van der Waals surface area contributed by atoms with Crippen molar-refractivity contribution in [3.63, 3.8) is 0 Å². The lowest BCUT2D eigenvalue weighted by atomic mass is 10.3. The molecule has 2 aromatic heterocycles. The van der Waals surface area contributed by atoms with Gasteiger partial charge in [0.1, 0.15) is 0 Å². The molecule has 0 atom stereocenters. The van der Waals surface area contributed by atoms with Gasteiger partial charge in [0.05, 0.1) is 20.2 Å². The van der Waals surface area contributed by atoms with E-state index in [0.29, 0.717) is 5.69 Å². The summed E-state index contributed by atoms with van der Waals surface area (Å²) in [6.07, 6.45) is 0. The molecule has 0 saturated carbocycles. The fourth-order valence-electron chi connectivity index (χ4n) is 1.08. The molecule has 0 bridgehead atoms. The molecule has 0 saturated heterocycles. The second-order valence-electron chi connectivity index (χ2n) is 2.57. The molecule has 0 aliphatic heterocycles. The van der Waals surface area contributed by atoms with Gasteiger partial charge < -0.3 is 4.98 Å². The summed E-state index contributed by atoms with van der Waals surface area (Å²) in [6, 6.07) is 3.65. The van der Waals surface area contributed by atoms with E-state index in [1.54, 1.807) is 0 Å². The van der Waals surface area contributed by atoms with Crippen LogP contribution in [0.3, 0.4) is 0 Å². The van der Waals surface area contributed by atoms with Gasteiger partial charge in [-0.1, -0.05) is 11.6 Å². The molecule has 0 spiro atoms. The first-order chi connectivity index (χ1) is 5.66. The van der Waals surface area contributed by atoms with Crippen LogP contribution in [0.15, 0.2) is 12.1 Å². The minimum absolute atomic E-state index is 0.0505. The van der Waals surface area contributed by atoms with Gasteiger partial charge in [-0.2, -0.15) is 0 Å². The van der Waals surface area contributed by atoms with E-state index in [-0.39, 0.29) is 5.78 Å². The van der Waals surface area contributed by atoms with Crippen molar-refractivity contribution in [1.29, 1.82) is 0 Å². The van der Waals surface area contributed by atoms with Crippen LogP contribution in [0, 0.1) is 0 Å². The molecule has 2 nitrogen and oxygen atoms in total. The van der Waals surface area contributed by atoms with E-state index < -0.39 is 0 Å². The number of Topliss-reactive ketones (excluding diaryl/α,β-unsaturated/α-hetero) is 1. The first-order valence-corrected chi connectivity index (χ1v) is 4.65. The fraction of sp³-hybridized carbons (Fsp3) is 0.125. The van der Waals surface area contributed by atoms with E-state index in [1.807, 2.05) is 12.1 Å². The summed E-state index contributed by atoms with van der Waals surface area (Å²) in [5, 5.41) is 0. The average Bonchev–Trinajstić information content (AvgIpc) is 2.42. The number of thiophene rings is 1. The highest BCUT2D eigenvalue weighted by molar-refractivity contribution is 7.22. The van der Waals surface area contributed by atoms with Crippen LogP contribution in [0.25, 0.3) is 10.2 Å². The third-order valence-corrected chi connectivity index (χ3v) is 2.87. The number of carbonyl (C=O) groups is 1. The second kappa shape index (κ2) is 2.61. The average molecular weight is 200 g/mol. The monoisotopic (exact) mass is 199 g/mol. The molecule has 2 aromatic rings. The van der Waals surface area contributed by atoms with E-state index in [4.69, 9.17) is 11.6 Å². The fourth-order valence-corrected chi connectivity index (χ4v) is 2.22. The van der Waals surface area contributed by atoms with Crippen LogP contribution >= 0.6 is 22.9 Å². The summed E-state index contributed by atoms with van der Waals surface area (Å²) in [5.41, 5.74) is 1.59. The van der Waals surface area contributed by atoms with Gasteiger partial charge in [-0.3, -0.25) is 4.79 Å². The Bertz CT molecular complexity index is 411. The number of aromatic amines is 1. The predicted molar refractivity (Wildman–Crippen MR) is 51.2 cm³/mol. The van der Waals surface area contributed by atoms with Gasteiger partial charge in [-0.15, -0.1) is 11.3 Å². The number of aromatic nitrogens is 1. The molecule has 0 aliphatic carbocycles. The van der Waals surface area contributed by atoms with Gasteiger partial charge >= 0.3 is 0 Å². The van der Waals surface area contributed by atoms with Gasteiger partial charge in [-0.05, 0) is 12.1 Å². The summed E-state index contributed by atoms with van der Waals surface area (Å²) in [7, 11) is 0. The molecule has 0 unspecified atom stereocenters. The number of H-pyrrole nitrogens is 1. The molecule has 1 N–H and O–H groups in total. The van der Waals surface area contributed by atoms with Crippen LogP contribution in [-0.4, -0.2) is 10.8 Å². The number of halogens is 1. The van der Waals surface area contributed by atoms with Gasteiger partial charge in [0.15, 0.2) is 5.78 Å². The maximum absolute atomic E-state index is 10.9. The zero-order chi connectivity index (χ0) is 8.72. The lowest BCUT2D eigenvalue weighted by molar-refractivity contribution is 0.101. The standard InChI is InChI=1S/C8H6ClNOS/c1-4(11)5-2-7-6(10-5)3-8(9)12-7/h2-3,10H,1H3. The lowest BCUT2D eigenvalue weighted by Gasteiger charge is -1.84. The summed E-state index contributed by atoms with van der Waals surface area (Å²) < 4.78 is 1.77. The Labute approximate surface area is 78.2 Å². The first kappa shape index (κ1) is 7.83. The van der Waals surface area contributed by atoms with Crippen LogP contribution in [0.2, 0.25) is 4.34 Å². The van der Waals surface area contributed by atoms with Crippen molar-refractivity contribution >= 4 is 38.9 Å². The predicted octanol–water partition coefficient (Wildman–Crippen LogP) is 3.09. The van der Waals surface area contributed by atoms with E-state index in [2.05, 4.69) is 4.98 Å². The molecule has 2 heterocycles. The normalized spacial score (nSPS) is 10.8. The zero-order valence-electron chi connectivity index (χ0n) is 6.35. The number of fused-ring (bicyclic) bond motifs is 1. The molecule has 4 heteroatoms. The van der Waals surface area contributed by atoms with Crippen molar-refractivity contribution in [3.8, 4) is 0 Å². The number of carbonyl (C=O) groups excluding carboxylic acids is 1. The molecule has 0 radical (unpaired) electrons. The van der Waals surface area contributed by atoms with Crippen molar-refractivity contribution in [3.05, 3.63) is 22.2 Å². The van der Waals surface area contributed by atoms with Crippen LogP contribution in [0.1, 0.15) is 17.4 Å². The van der Waals surface area contributed by atoms with E-state index in [0.717, 1.165) is 14.6 Å². The summed E-state index contributed by atoms with van der Waals surface area (Å²) in [5.74, 6) is 0.0505. The molecule has 0 aromatic carbocycles. The van der Waals surface area contributed by atoms with Crippen LogP contribution in [-0.2, 0) is 0 Å².